The topological polar surface area (TPSA) is 46.3 Å². The molecule has 0 spiro atoms. The molecule has 3 fully saturated rings. The van der Waals surface area contributed by atoms with Crippen LogP contribution in [-0.2, 0) is 4.79 Å². The number of nitrogens with two attached hydrogens (primary N) is 1. The molecular weight excluding hydrogens is 248 g/mol. The Morgan fingerprint density at radius 2 is 1.60 bits per heavy atom. The van der Waals surface area contributed by atoms with Crippen LogP contribution >= 0.6 is 0 Å². The van der Waals surface area contributed by atoms with E-state index in [2.05, 4.69) is 4.90 Å². The van der Waals surface area contributed by atoms with Crippen molar-refractivity contribution in [2.24, 2.45) is 17.6 Å². The zero-order valence-electron chi connectivity index (χ0n) is 12.7. The van der Waals surface area contributed by atoms with E-state index < -0.39 is 0 Å². The van der Waals surface area contributed by atoms with Gasteiger partial charge in [-0.1, -0.05) is 32.1 Å². The Morgan fingerprint density at radius 1 is 0.900 bits per heavy atom. The van der Waals surface area contributed by atoms with E-state index >= 15 is 0 Å². The lowest BCUT2D eigenvalue weighted by Crippen LogP contribution is -2.51. The molecule has 3 nitrogen and oxygen atoms in total. The van der Waals surface area contributed by atoms with Gasteiger partial charge in [-0.15, -0.1) is 0 Å². The first-order valence-electron chi connectivity index (χ1n) is 8.82. The number of hydrogen-bond acceptors (Lipinski definition) is 2. The number of nitrogens with zero attached hydrogens (tertiary/aromatic N) is 1. The van der Waals surface area contributed by atoms with Crippen LogP contribution in [0.2, 0.25) is 0 Å². The Hall–Kier alpha value is -0.570. The van der Waals surface area contributed by atoms with Gasteiger partial charge in [0.2, 0.25) is 5.91 Å². The van der Waals surface area contributed by atoms with Crippen LogP contribution in [0.5, 0.6) is 0 Å². The molecule has 2 saturated carbocycles. The third-order valence-electron chi connectivity index (χ3n) is 5.90. The molecule has 0 radical (unpaired) electrons. The molecule has 3 aliphatic rings. The molecule has 1 saturated heterocycles. The van der Waals surface area contributed by atoms with E-state index in [4.69, 9.17) is 5.73 Å². The molecule has 3 heteroatoms. The molecule has 1 aliphatic heterocycles. The summed E-state index contributed by atoms with van der Waals surface area (Å²) >= 11 is 0. The standard InChI is InChI=1S/C17H30N2O/c18-15-11-10-14-8-4-5-9-16(14)19(17(15)20)12-13-6-2-1-3-7-13/h13-16H,1-12,18H2. The third kappa shape index (κ3) is 3.03. The SMILES string of the molecule is NC1CCC2CCCCC2N(CC2CCCCC2)C1=O. The molecule has 3 unspecified atom stereocenters. The summed E-state index contributed by atoms with van der Waals surface area (Å²) in [6.45, 7) is 0.994. The Morgan fingerprint density at radius 3 is 2.40 bits per heavy atom. The summed E-state index contributed by atoms with van der Waals surface area (Å²) in [6, 6.07) is 0.274. The van der Waals surface area contributed by atoms with Gasteiger partial charge in [-0.2, -0.15) is 0 Å². The molecule has 3 rings (SSSR count). The highest BCUT2D eigenvalue weighted by Gasteiger charge is 2.38. The minimum atomic E-state index is -0.232. The van der Waals surface area contributed by atoms with Crippen LogP contribution in [0.1, 0.15) is 70.6 Å². The molecule has 1 amide bonds. The van der Waals surface area contributed by atoms with Crippen molar-refractivity contribution >= 4 is 5.91 Å². The van der Waals surface area contributed by atoms with Crippen LogP contribution in [0.3, 0.4) is 0 Å². The minimum Gasteiger partial charge on any atom is -0.338 e. The van der Waals surface area contributed by atoms with Crippen LogP contribution in [0, 0.1) is 11.8 Å². The summed E-state index contributed by atoms with van der Waals surface area (Å²) in [5, 5.41) is 0. The normalized spacial score (nSPS) is 36.5. The van der Waals surface area contributed by atoms with Gasteiger partial charge in [0, 0.05) is 12.6 Å². The molecule has 0 aromatic heterocycles. The fourth-order valence-corrected chi connectivity index (χ4v) is 4.70. The highest BCUT2D eigenvalue weighted by atomic mass is 16.2. The summed E-state index contributed by atoms with van der Waals surface area (Å²) in [4.78, 5) is 14.9. The molecule has 1 heterocycles. The fourth-order valence-electron chi connectivity index (χ4n) is 4.70. The number of amides is 1. The Balaban J connectivity index is 1.73. The molecular formula is C17H30N2O. The van der Waals surface area contributed by atoms with Crippen LogP contribution in [0.4, 0.5) is 0 Å². The van der Waals surface area contributed by atoms with Gasteiger partial charge in [0.25, 0.3) is 0 Å². The number of fused-ring (bicyclic) bond motifs is 1. The Labute approximate surface area is 123 Å². The van der Waals surface area contributed by atoms with Crippen LogP contribution in [0.15, 0.2) is 0 Å². The first-order chi connectivity index (χ1) is 9.75. The van der Waals surface area contributed by atoms with E-state index in [1.54, 1.807) is 0 Å². The molecule has 20 heavy (non-hydrogen) atoms. The highest BCUT2D eigenvalue weighted by molar-refractivity contribution is 5.82. The van der Waals surface area contributed by atoms with Gasteiger partial charge in [0.15, 0.2) is 0 Å². The fraction of sp³-hybridized carbons (Fsp3) is 0.941. The first-order valence-corrected chi connectivity index (χ1v) is 8.82. The van der Waals surface area contributed by atoms with Gasteiger partial charge in [-0.3, -0.25) is 4.79 Å². The second-order valence-electron chi connectivity index (χ2n) is 7.29. The number of hydrogen-bond donors (Lipinski definition) is 1. The van der Waals surface area contributed by atoms with E-state index in [0.717, 1.165) is 24.8 Å². The molecule has 3 atom stereocenters. The lowest BCUT2D eigenvalue weighted by Gasteiger charge is -2.40. The summed E-state index contributed by atoms with van der Waals surface area (Å²) < 4.78 is 0. The molecule has 2 N–H and O–H groups in total. The molecule has 0 aromatic rings. The van der Waals surface area contributed by atoms with E-state index in [-0.39, 0.29) is 11.9 Å². The van der Waals surface area contributed by atoms with Crippen LogP contribution in [0.25, 0.3) is 0 Å². The van der Waals surface area contributed by atoms with Crippen molar-refractivity contribution in [2.75, 3.05) is 6.54 Å². The summed E-state index contributed by atoms with van der Waals surface area (Å²) in [7, 11) is 0. The van der Waals surface area contributed by atoms with Gasteiger partial charge in [-0.05, 0) is 50.4 Å². The number of rotatable bonds is 2. The maximum absolute atomic E-state index is 12.7. The van der Waals surface area contributed by atoms with Crippen molar-refractivity contribution in [1.29, 1.82) is 0 Å². The Kier molecular flexibility index (Phi) is 4.65. The zero-order chi connectivity index (χ0) is 13.9. The number of likely N-dealkylation sites (tertiary alicyclic amines) is 1. The minimum absolute atomic E-state index is 0.232. The molecule has 0 bridgehead atoms. The van der Waals surface area contributed by atoms with Gasteiger partial charge in [0.05, 0.1) is 6.04 Å². The van der Waals surface area contributed by atoms with Gasteiger partial charge < -0.3 is 10.6 Å². The van der Waals surface area contributed by atoms with Crippen molar-refractivity contribution in [1.82, 2.24) is 4.90 Å². The van der Waals surface area contributed by atoms with E-state index in [1.807, 2.05) is 0 Å². The van der Waals surface area contributed by atoms with Gasteiger partial charge in [-0.25, -0.2) is 0 Å². The van der Waals surface area contributed by atoms with Crippen molar-refractivity contribution in [3.8, 4) is 0 Å². The average molecular weight is 278 g/mol. The predicted octanol–water partition coefficient (Wildman–Crippen LogP) is 3.08. The first kappa shape index (κ1) is 14.4. The largest absolute Gasteiger partial charge is 0.338 e. The highest BCUT2D eigenvalue weighted by Crippen LogP contribution is 2.36. The molecule has 114 valence electrons. The van der Waals surface area contributed by atoms with Gasteiger partial charge in [0.1, 0.15) is 0 Å². The lowest BCUT2D eigenvalue weighted by molar-refractivity contribution is -0.136. The Bertz CT molecular complexity index is 338. The lowest BCUT2D eigenvalue weighted by atomic mass is 9.81. The quantitative estimate of drug-likeness (QED) is 0.843. The van der Waals surface area contributed by atoms with Crippen molar-refractivity contribution in [2.45, 2.75) is 82.7 Å². The number of carbonyl (C=O) groups excluding carboxylic acids is 1. The third-order valence-corrected chi connectivity index (χ3v) is 5.90. The van der Waals surface area contributed by atoms with Crippen LogP contribution in [-0.4, -0.2) is 29.4 Å². The maximum atomic E-state index is 12.7. The van der Waals surface area contributed by atoms with E-state index in [0.29, 0.717) is 6.04 Å². The van der Waals surface area contributed by atoms with E-state index in [1.165, 1.54) is 64.2 Å². The van der Waals surface area contributed by atoms with Crippen molar-refractivity contribution in [3.05, 3.63) is 0 Å². The predicted molar refractivity (Wildman–Crippen MR) is 81.2 cm³/mol. The van der Waals surface area contributed by atoms with E-state index in [9.17, 15) is 4.79 Å². The number of carbonyl (C=O) groups is 1. The zero-order valence-corrected chi connectivity index (χ0v) is 12.7. The smallest absolute Gasteiger partial charge is 0.239 e. The van der Waals surface area contributed by atoms with Crippen molar-refractivity contribution < 1.29 is 4.79 Å². The average Bonchev–Trinajstić information content (AvgIpc) is 2.61. The maximum Gasteiger partial charge on any atom is 0.239 e. The summed E-state index contributed by atoms with van der Waals surface area (Å²) in [5.74, 6) is 1.72. The summed E-state index contributed by atoms with van der Waals surface area (Å²) in [5.41, 5.74) is 6.14. The molecule has 2 aliphatic carbocycles. The monoisotopic (exact) mass is 278 g/mol. The van der Waals surface area contributed by atoms with Crippen molar-refractivity contribution in [3.63, 3.8) is 0 Å². The second kappa shape index (κ2) is 6.46. The summed E-state index contributed by atoms with van der Waals surface area (Å²) in [6.07, 6.45) is 14.0. The van der Waals surface area contributed by atoms with Crippen LogP contribution < -0.4 is 5.73 Å². The molecule has 0 aromatic carbocycles. The second-order valence-corrected chi connectivity index (χ2v) is 7.29. The van der Waals surface area contributed by atoms with Gasteiger partial charge >= 0.3 is 0 Å².